The highest BCUT2D eigenvalue weighted by atomic mass is 32.2. The zero-order chi connectivity index (χ0) is 15.0. The molecule has 1 aromatic heterocycles. The molecule has 1 aromatic rings. The Kier molecular flexibility index (Phi) is 4.36. The van der Waals surface area contributed by atoms with Gasteiger partial charge in [-0.3, -0.25) is 9.48 Å². The van der Waals surface area contributed by atoms with Crippen LogP contribution in [0.2, 0.25) is 0 Å². The Morgan fingerprint density at radius 3 is 2.37 bits per heavy atom. The van der Waals surface area contributed by atoms with Crippen LogP contribution in [0, 0.1) is 13.8 Å². The van der Waals surface area contributed by atoms with Gasteiger partial charge in [0.2, 0.25) is 10.0 Å². The maximum absolute atomic E-state index is 12.5. The summed E-state index contributed by atoms with van der Waals surface area (Å²) >= 11 is 0. The molecule has 0 spiro atoms. The number of carboxylic acid groups (broad SMARTS) is 1. The van der Waals surface area contributed by atoms with Crippen LogP contribution < -0.4 is 0 Å². The number of aromatic nitrogens is 2. The molecule has 0 radical (unpaired) electrons. The number of hydrogen-bond acceptors (Lipinski definition) is 4. The van der Waals surface area contributed by atoms with Crippen LogP contribution in [-0.2, 0) is 21.4 Å². The second-order valence-corrected chi connectivity index (χ2v) is 6.29. The Labute approximate surface area is 112 Å². The van der Waals surface area contributed by atoms with Crippen molar-refractivity contribution in [3.8, 4) is 0 Å². The van der Waals surface area contributed by atoms with Crippen LogP contribution in [0.25, 0.3) is 0 Å². The van der Waals surface area contributed by atoms with E-state index in [0.717, 1.165) is 4.31 Å². The largest absolute Gasteiger partial charge is 0.480 e. The summed E-state index contributed by atoms with van der Waals surface area (Å²) in [6, 6.07) is -1.13. The first-order valence-electron chi connectivity index (χ1n) is 5.89. The summed E-state index contributed by atoms with van der Waals surface area (Å²) < 4.78 is 27.4. The lowest BCUT2D eigenvalue weighted by atomic mass is 10.4. The van der Waals surface area contributed by atoms with Gasteiger partial charge in [0.25, 0.3) is 0 Å². The molecular weight excluding hydrogens is 270 g/mol. The molecule has 0 amide bonds. The van der Waals surface area contributed by atoms with Gasteiger partial charge in [-0.15, -0.1) is 0 Å². The number of likely N-dealkylation sites (N-methyl/N-ethyl adjacent to an activating group) is 1. The zero-order valence-corrected chi connectivity index (χ0v) is 12.5. The van der Waals surface area contributed by atoms with E-state index in [1.165, 1.54) is 14.0 Å². The molecular formula is C11H19N3O4S. The summed E-state index contributed by atoms with van der Waals surface area (Å²) in [6.45, 7) is 7.01. The quantitative estimate of drug-likeness (QED) is 0.857. The van der Waals surface area contributed by atoms with E-state index in [0.29, 0.717) is 17.9 Å². The molecule has 0 fully saturated rings. The molecule has 0 aliphatic rings. The summed E-state index contributed by atoms with van der Waals surface area (Å²) in [5, 5.41) is 13.1. The van der Waals surface area contributed by atoms with Crippen LogP contribution in [0.4, 0.5) is 0 Å². The lowest BCUT2D eigenvalue weighted by Gasteiger charge is -2.21. The standard InChI is InChI=1S/C11H19N3O4S/c1-6-14-8(3)10(7(2)12-14)19(17,18)13(5)9(4)11(15)16/h9H,6H2,1-5H3,(H,15,16). The molecule has 8 heteroatoms. The molecule has 108 valence electrons. The van der Waals surface area contributed by atoms with E-state index in [1.54, 1.807) is 18.5 Å². The summed E-state index contributed by atoms with van der Waals surface area (Å²) in [4.78, 5) is 11.0. The first-order chi connectivity index (χ1) is 8.64. The second-order valence-electron chi connectivity index (χ2n) is 4.35. The minimum absolute atomic E-state index is 0.0879. The maximum atomic E-state index is 12.5. The fourth-order valence-corrected chi connectivity index (χ4v) is 3.56. The molecule has 1 unspecified atom stereocenters. The minimum atomic E-state index is -3.86. The zero-order valence-electron chi connectivity index (χ0n) is 11.7. The molecule has 1 atom stereocenters. The van der Waals surface area contributed by atoms with Crippen molar-refractivity contribution >= 4 is 16.0 Å². The lowest BCUT2D eigenvalue weighted by molar-refractivity contribution is -0.140. The molecule has 0 bridgehead atoms. The van der Waals surface area contributed by atoms with Gasteiger partial charge in [0.1, 0.15) is 10.9 Å². The number of nitrogens with zero attached hydrogens (tertiary/aromatic N) is 3. The minimum Gasteiger partial charge on any atom is -0.480 e. The van der Waals surface area contributed by atoms with Crippen LogP contribution in [0.5, 0.6) is 0 Å². The number of sulfonamides is 1. The first-order valence-corrected chi connectivity index (χ1v) is 7.33. The van der Waals surface area contributed by atoms with E-state index < -0.39 is 22.0 Å². The van der Waals surface area contributed by atoms with Crippen molar-refractivity contribution in [1.82, 2.24) is 14.1 Å². The summed E-state index contributed by atoms with van der Waals surface area (Å²) in [7, 11) is -2.60. The molecule has 19 heavy (non-hydrogen) atoms. The third-order valence-electron chi connectivity index (χ3n) is 3.15. The van der Waals surface area contributed by atoms with E-state index in [9.17, 15) is 13.2 Å². The summed E-state index contributed by atoms with van der Waals surface area (Å²) in [5.41, 5.74) is 0.897. The monoisotopic (exact) mass is 289 g/mol. The fraction of sp³-hybridized carbons (Fsp3) is 0.636. The van der Waals surface area contributed by atoms with Gasteiger partial charge in [-0.2, -0.15) is 9.40 Å². The number of aryl methyl sites for hydroxylation is 2. The second kappa shape index (κ2) is 5.30. The predicted octanol–water partition coefficient (Wildman–Crippen LogP) is 0.613. The predicted molar refractivity (Wildman–Crippen MR) is 69.4 cm³/mol. The van der Waals surface area contributed by atoms with Gasteiger partial charge in [0.15, 0.2) is 0 Å². The molecule has 0 aliphatic heterocycles. The van der Waals surface area contributed by atoms with Crippen molar-refractivity contribution in [2.24, 2.45) is 0 Å². The fourth-order valence-electron chi connectivity index (χ4n) is 1.87. The maximum Gasteiger partial charge on any atom is 0.321 e. The molecule has 0 saturated heterocycles. The number of hydrogen-bond donors (Lipinski definition) is 1. The normalized spacial score (nSPS) is 13.8. The van der Waals surface area contributed by atoms with Crippen LogP contribution in [-0.4, -0.2) is 46.7 Å². The topological polar surface area (TPSA) is 92.5 Å². The van der Waals surface area contributed by atoms with Crippen molar-refractivity contribution in [1.29, 1.82) is 0 Å². The van der Waals surface area contributed by atoms with Gasteiger partial charge in [-0.25, -0.2) is 8.42 Å². The average molecular weight is 289 g/mol. The number of carbonyl (C=O) groups is 1. The molecule has 0 saturated carbocycles. The Morgan fingerprint density at radius 1 is 1.47 bits per heavy atom. The van der Waals surface area contributed by atoms with Gasteiger partial charge < -0.3 is 5.11 Å². The highest BCUT2D eigenvalue weighted by Gasteiger charge is 2.33. The molecule has 0 aromatic carbocycles. The Balaban J connectivity index is 3.36. The molecule has 7 nitrogen and oxygen atoms in total. The number of aliphatic carboxylic acids is 1. The van der Waals surface area contributed by atoms with Gasteiger partial charge >= 0.3 is 5.97 Å². The van der Waals surface area contributed by atoms with Crippen molar-refractivity contribution in [3.05, 3.63) is 11.4 Å². The van der Waals surface area contributed by atoms with Crippen LogP contribution in [0.15, 0.2) is 4.90 Å². The molecule has 1 N–H and O–H groups in total. The van der Waals surface area contributed by atoms with E-state index in [1.807, 2.05) is 6.92 Å². The van der Waals surface area contributed by atoms with Crippen LogP contribution in [0.3, 0.4) is 0 Å². The van der Waals surface area contributed by atoms with Crippen molar-refractivity contribution in [2.75, 3.05) is 7.05 Å². The van der Waals surface area contributed by atoms with Gasteiger partial charge in [0, 0.05) is 13.6 Å². The summed E-state index contributed by atoms with van der Waals surface area (Å²) in [5.74, 6) is -1.19. The van der Waals surface area contributed by atoms with Gasteiger partial charge in [-0.05, 0) is 27.7 Å². The van der Waals surface area contributed by atoms with Gasteiger partial charge in [-0.1, -0.05) is 0 Å². The van der Waals surface area contributed by atoms with E-state index >= 15 is 0 Å². The molecule has 1 heterocycles. The third kappa shape index (κ3) is 2.64. The molecule has 0 aliphatic carbocycles. The Morgan fingerprint density at radius 2 is 2.00 bits per heavy atom. The lowest BCUT2D eigenvalue weighted by Crippen LogP contribution is -2.40. The van der Waals surface area contributed by atoms with E-state index in [4.69, 9.17) is 5.11 Å². The third-order valence-corrected chi connectivity index (χ3v) is 5.34. The smallest absolute Gasteiger partial charge is 0.321 e. The highest BCUT2D eigenvalue weighted by molar-refractivity contribution is 7.89. The van der Waals surface area contributed by atoms with E-state index in [2.05, 4.69) is 5.10 Å². The van der Waals surface area contributed by atoms with Crippen molar-refractivity contribution in [2.45, 2.75) is 45.2 Å². The number of rotatable bonds is 5. The van der Waals surface area contributed by atoms with Crippen molar-refractivity contribution < 1.29 is 18.3 Å². The first kappa shape index (κ1) is 15.6. The SMILES string of the molecule is CCn1nc(C)c(S(=O)(=O)N(C)C(C)C(=O)O)c1C. The molecule has 1 rings (SSSR count). The Bertz CT molecular complexity index is 591. The highest BCUT2D eigenvalue weighted by Crippen LogP contribution is 2.23. The van der Waals surface area contributed by atoms with Gasteiger partial charge in [0.05, 0.1) is 11.4 Å². The van der Waals surface area contributed by atoms with Crippen LogP contribution >= 0.6 is 0 Å². The summed E-state index contributed by atoms with van der Waals surface area (Å²) in [6.07, 6.45) is 0. The van der Waals surface area contributed by atoms with Crippen molar-refractivity contribution in [3.63, 3.8) is 0 Å². The van der Waals surface area contributed by atoms with Crippen LogP contribution in [0.1, 0.15) is 25.2 Å². The number of carboxylic acids is 1. The average Bonchev–Trinajstić information content (AvgIpc) is 2.62. The van der Waals surface area contributed by atoms with E-state index in [-0.39, 0.29) is 4.90 Å². The Hall–Kier alpha value is -1.41.